The Balaban J connectivity index is 2.85. The molecule has 0 saturated heterocycles. The van der Waals surface area contributed by atoms with Crippen molar-refractivity contribution in [1.29, 1.82) is 0 Å². The maximum absolute atomic E-state index is 11.2. The molecule has 1 aromatic rings. The molecule has 2 atom stereocenters. The van der Waals surface area contributed by atoms with Crippen LogP contribution in [0.4, 0.5) is 0 Å². The van der Waals surface area contributed by atoms with E-state index in [-0.39, 0.29) is 21.7 Å². The van der Waals surface area contributed by atoms with Crippen molar-refractivity contribution in [1.82, 2.24) is 0 Å². The average Bonchev–Trinajstić information content (AvgIpc) is 2.81. The summed E-state index contributed by atoms with van der Waals surface area (Å²) in [5.41, 5.74) is 8.06. The highest BCUT2D eigenvalue weighted by atomic mass is 31.2. The van der Waals surface area contributed by atoms with Crippen LogP contribution in [0.5, 0.6) is 5.75 Å². The van der Waals surface area contributed by atoms with Gasteiger partial charge in [-0.2, -0.15) is 0 Å². The molecular formula is C37H61O3P. The molecular weight excluding hydrogens is 523 g/mol. The number of hydrogen-bond acceptors (Lipinski definition) is 3. The van der Waals surface area contributed by atoms with Gasteiger partial charge in [0, 0.05) is 5.56 Å². The third-order valence-corrected chi connectivity index (χ3v) is 9.01. The molecule has 0 heterocycles. The van der Waals surface area contributed by atoms with Gasteiger partial charge in [0.1, 0.15) is 5.75 Å². The second-order valence-corrected chi connectivity index (χ2v) is 17.1. The average molecular weight is 585 g/mol. The highest BCUT2D eigenvalue weighted by molar-refractivity contribution is 7.41. The molecule has 41 heavy (non-hydrogen) atoms. The molecule has 2 rings (SSSR count). The normalized spacial score (nSPS) is 17.0. The van der Waals surface area contributed by atoms with E-state index in [1.807, 2.05) is 0 Å². The van der Waals surface area contributed by atoms with E-state index >= 15 is 0 Å². The van der Waals surface area contributed by atoms with Crippen LogP contribution in [0.3, 0.4) is 0 Å². The fourth-order valence-corrected chi connectivity index (χ4v) is 6.04. The van der Waals surface area contributed by atoms with Gasteiger partial charge in [0.25, 0.3) is 0 Å². The summed E-state index contributed by atoms with van der Waals surface area (Å²) in [6.07, 6.45) is 7.72. The molecule has 1 aliphatic carbocycles. The van der Waals surface area contributed by atoms with Crippen molar-refractivity contribution in [3.63, 3.8) is 0 Å². The Kier molecular flexibility index (Phi) is 11.8. The summed E-state index contributed by atoms with van der Waals surface area (Å²) in [7, 11) is -2.10. The molecule has 0 saturated carbocycles. The Labute approximate surface area is 254 Å². The third kappa shape index (κ3) is 9.54. The Hall–Kier alpha value is -1.41. The molecule has 0 fully saturated rings. The van der Waals surface area contributed by atoms with Crippen LogP contribution in [0.15, 0.2) is 41.5 Å². The predicted molar refractivity (Wildman–Crippen MR) is 181 cm³/mol. The Morgan fingerprint density at radius 2 is 1.49 bits per heavy atom. The number of hydrogen-bond donors (Lipinski definition) is 1. The minimum Gasteiger partial charge on any atom is -0.426 e. The lowest BCUT2D eigenvalue weighted by molar-refractivity contribution is 0.204. The molecule has 2 unspecified atom stereocenters. The van der Waals surface area contributed by atoms with Crippen LogP contribution in [0.25, 0.3) is 5.57 Å². The minimum atomic E-state index is -2.10. The van der Waals surface area contributed by atoms with E-state index in [0.29, 0.717) is 18.3 Å². The topological polar surface area (TPSA) is 38.7 Å². The first-order chi connectivity index (χ1) is 18.6. The molecule has 1 aromatic carbocycles. The van der Waals surface area contributed by atoms with E-state index in [0.717, 1.165) is 36.0 Å². The number of allylic oxidation sites excluding steroid dienone is 5. The number of unbranched alkanes of at least 4 members (excludes halogenated alkanes) is 1. The molecule has 0 aliphatic heterocycles. The van der Waals surface area contributed by atoms with Crippen molar-refractivity contribution in [2.75, 3.05) is 6.61 Å². The van der Waals surface area contributed by atoms with Gasteiger partial charge in [0.15, 0.2) is 0 Å². The van der Waals surface area contributed by atoms with Crippen LogP contribution in [0.2, 0.25) is 0 Å². The lowest BCUT2D eigenvalue weighted by atomic mass is 9.67. The van der Waals surface area contributed by atoms with Gasteiger partial charge < -0.3 is 13.9 Å². The molecule has 0 radical (unpaired) electrons. The molecule has 1 aliphatic rings. The summed E-state index contributed by atoms with van der Waals surface area (Å²) in [6.45, 7) is 36.8. The summed E-state index contributed by atoms with van der Waals surface area (Å²) in [5.74, 6) is 1.12. The van der Waals surface area contributed by atoms with Crippen molar-refractivity contribution >= 4 is 14.2 Å². The number of rotatable bonds is 10. The van der Waals surface area contributed by atoms with Crippen molar-refractivity contribution in [3.05, 3.63) is 58.2 Å². The summed E-state index contributed by atoms with van der Waals surface area (Å²) in [5, 5.41) is 0. The summed E-state index contributed by atoms with van der Waals surface area (Å²) >= 11 is 0. The molecule has 0 aromatic heterocycles. The van der Waals surface area contributed by atoms with Gasteiger partial charge in [-0.15, -0.1) is 0 Å². The van der Waals surface area contributed by atoms with E-state index in [4.69, 9.17) is 9.05 Å². The van der Waals surface area contributed by atoms with E-state index in [9.17, 15) is 4.89 Å². The first kappa shape index (κ1) is 35.8. The second-order valence-electron chi connectivity index (χ2n) is 16.2. The van der Waals surface area contributed by atoms with Gasteiger partial charge in [-0.05, 0) is 74.3 Å². The first-order valence-corrected chi connectivity index (χ1v) is 16.9. The largest absolute Gasteiger partial charge is 0.426 e. The standard InChI is InChI=1S/C37H61O3P/c1-16-18-19-26(17-2)24-39-41(38)40-31-23-28(35(7,8)9)22-30(37(13,14)15)33(31)32-25(3)20-27(34(4,5)6)21-29(32)36(10,11)12/h21-23,26,38H,3,16-20,24H2,1-2,4-15H3. The minimum absolute atomic E-state index is 0.0497. The van der Waals surface area contributed by atoms with Crippen LogP contribution in [0.1, 0.15) is 146 Å². The second kappa shape index (κ2) is 13.5. The van der Waals surface area contributed by atoms with E-state index < -0.39 is 8.60 Å². The lowest BCUT2D eigenvalue weighted by Crippen LogP contribution is -2.23. The molecule has 4 heteroatoms. The first-order valence-electron chi connectivity index (χ1n) is 15.7. The van der Waals surface area contributed by atoms with Crippen molar-refractivity contribution in [2.45, 2.75) is 140 Å². The fraction of sp³-hybridized carbons (Fsp3) is 0.676. The van der Waals surface area contributed by atoms with Gasteiger partial charge in [-0.1, -0.05) is 140 Å². The Bertz CT molecular complexity index is 1130. The summed E-state index contributed by atoms with van der Waals surface area (Å²) < 4.78 is 12.5. The van der Waals surface area contributed by atoms with Gasteiger partial charge >= 0.3 is 8.60 Å². The van der Waals surface area contributed by atoms with E-state index in [2.05, 4.69) is 122 Å². The van der Waals surface area contributed by atoms with E-state index in [1.165, 1.54) is 35.1 Å². The van der Waals surface area contributed by atoms with Gasteiger partial charge in [0.05, 0.1) is 6.61 Å². The molecule has 0 spiro atoms. The fourth-order valence-electron chi connectivity index (χ4n) is 5.34. The monoisotopic (exact) mass is 584 g/mol. The zero-order valence-electron chi connectivity index (χ0n) is 29.0. The maximum atomic E-state index is 11.2. The maximum Gasteiger partial charge on any atom is 0.394 e. The Morgan fingerprint density at radius 1 is 0.878 bits per heavy atom. The van der Waals surface area contributed by atoms with Crippen LogP contribution < -0.4 is 4.52 Å². The predicted octanol–water partition coefficient (Wildman–Crippen LogP) is 11.8. The van der Waals surface area contributed by atoms with Gasteiger partial charge in [-0.3, -0.25) is 0 Å². The number of benzene rings is 1. The Morgan fingerprint density at radius 3 is 1.95 bits per heavy atom. The van der Waals surface area contributed by atoms with Crippen LogP contribution in [0, 0.1) is 16.7 Å². The summed E-state index contributed by atoms with van der Waals surface area (Å²) in [4.78, 5) is 11.2. The molecule has 232 valence electrons. The molecule has 0 amide bonds. The van der Waals surface area contributed by atoms with Crippen LogP contribution in [-0.2, 0) is 15.4 Å². The highest BCUT2D eigenvalue weighted by Crippen LogP contribution is 2.53. The van der Waals surface area contributed by atoms with Crippen LogP contribution in [-0.4, -0.2) is 11.5 Å². The quantitative estimate of drug-likeness (QED) is 0.278. The molecule has 0 bridgehead atoms. The molecule has 1 N–H and O–H groups in total. The van der Waals surface area contributed by atoms with E-state index in [1.54, 1.807) is 0 Å². The zero-order chi connectivity index (χ0) is 31.6. The van der Waals surface area contributed by atoms with Crippen molar-refractivity contribution in [3.8, 4) is 5.75 Å². The SMILES string of the molecule is C=C1CC(C(C)(C)C)=CC(C(C)(C)C)=C1c1c(OP(O)OCC(CC)CCCC)cc(C(C)(C)C)cc1C(C)(C)C. The lowest BCUT2D eigenvalue weighted by Gasteiger charge is -2.37. The van der Waals surface area contributed by atoms with Crippen molar-refractivity contribution in [2.24, 2.45) is 16.7 Å². The third-order valence-electron chi connectivity index (χ3n) is 8.28. The van der Waals surface area contributed by atoms with Crippen molar-refractivity contribution < 1.29 is 13.9 Å². The van der Waals surface area contributed by atoms with Crippen LogP contribution >= 0.6 is 8.60 Å². The van der Waals surface area contributed by atoms with Gasteiger partial charge in [0.2, 0.25) is 0 Å². The van der Waals surface area contributed by atoms with Gasteiger partial charge in [-0.25, -0.2) is 0 Å². The smallest absolute Gasteiger partial charge is 0.394 e. The summed E-state index contributed by atoms with van der Waals surface area (Å²) in [6, 6.07) is 4.49. The highest BCUT2D eigenvalue weighted by Gasteiger charge is 2.35. The zero-order valence-corrected chi connectivity index (χ0v) is 29.9. The molecule has 3 nitrogen and oxygen atoms in total.